The van der Waals surface area contributed by atoms with E-state index in [1.807, 2.05) is 18.2 Å². The highest BCUT2D eigenvalue weighted by atomic mass is 35.5. The summed E-state index contributed by atoms with van der Waals surface area (Å²) in [7, 11) is 0. The van der Waals surface area contributed by atoms with E-state index < -0.39 is 11.9 Å². The molecule has 0 aliphatic heterocycles. The number of imidazole rings is 1. The van der Waals surface area contributed by atoms with Crippen LogP contribution in [-0.4, -0.2) is 15.0 Å². The summed E-state index contributed by atoms with van der Waals surface area (Å²) in [5.41, 5.74) is 1.77. The zero-order chi connectivity index (χ0) is 19.9. The highest BCUT2D eigenvalue weighted by Crippen LogP contribution is 2.42. The maximum atomic E-state index is 12.9. The van der Waals surface area contributed by atoms with Gasteiger partial charge in [0.15, 0.2) is 0 Å². The Bertz CT molecular complexity index is 974. The van der Waals surface area contributed by atoms with Crippen molar-refractivity contribution in [2.75, 3.05) is 0 Å². The number of rotatable bonds is 3. The second-order valence-electron chi connectivity index (χ2n) is 7.66. The van der Waals surface area contributed by atoms with Gasteiger partial charge in [0.2, 0.25) is 0 Å². The fourth-order valence-corrected chi connectivity index (χ4v) is 4.42. The molecule has 4 rings (SSSR count). The van der Waals surface area contributed by atoms with Gasteiger partial charge < -0.3 is 4.98 Å². The SMILES string of the molecule is CC(c1nc2ccc(Cl)cc2[nH]1)[C@H]1CC[C@H](c2ccnc(C(F)(F)F)c2)CC1. The van der Waals surface area contributed by atoms with E-state index in [9.17, 15) is 13.2 Å². The van der Waals surface area contributed by atoms with Crippen molar-refractivity contribution in [2.24, 2.45) is 5.92 Å². The van der Waals surface area contributed by atoms with Crippen molar-refractivity contribution in [3.63, 3.8) is 0 Å². The van der Waals surface area contributed by atoms with Gasteiger partial charge in [-0.15, -0.1) is 0 Å². The van der Waals surface area contributed by atoms with Crippen molar-refractivity contribution in [3.8, 4) is 0 Å². The second kappa shape index (κ2) is 7.39. The standard InChI is InChI=1S/C21H21ClF3N3/c1-12(20-27-17-7-6-16(22)11-18(17)28-20)13-2-4-14(5-3-13)15-8-9-26-19(10-15)21(23,24)25/h6-14H,2-5H2,1H3,(H,27,28)/t12?,13-,14-. The molecule has 1 atom stereocenters. The molecule has 2 heterocycles. The fourth-order valence-electron chi connectivity index (χ4n) is 4.25. The summed E-state index contributed by atoms with van der Waals surface area (Å²) in [6.45, 7) is 2.17. The quantitative estimate of drug-likeness (QED) is 0.524. The molecule has 1 aliphatic carbocycles. The van der Waals surface area contributed by atoms with Crippen LogP contribution in [0.15, 0.2) is 36.5 Å². The lowest BCUT2D eigenvalue weighted by Crippen LogP contribution is -2.19. The van der Waals surface area contributed by atoms with Crippen molar-refractivity contribution < 1.29 is 13.2 Å². The number of aromatic amines is 1. The van der Waals surface area contributed by atoms with Crippen molar-refractivity contribution >= 4 is 22.6 Å². The number of pyridine rings is 1. The average molecular weight is 408 g/mol. The van der Waals surface area contributed by atoms with Gasteiger partial charge in [-0.1, -0.05) is 18.5 Å². The molecule has 3 aromatic rings. The van der Waals surface area contributed by atoms with Gasteiger partial charge in [0, 0.05) is 17.1 Å². The van der Waals surface area contributed by atoms with Gasteiger partial charge >= 0.3 is 6.18 Å². The maximum Gasteiger partial charge on any atom is 0.433 e. The predicted octanol–water partition coefficient (Wildman–Crippen LogP) is 6.71. The van der Waals surface area contributed by atoms with Crippen LogP contribution in [0.2, 0.25) is 5.02 Å². The van der Waals surface area contributed by atoms with E-state index in [1.165, 1.54) is 12.3 Å². The van der Waals surface area contributed by atoms with E-state index in [4.69, 9.17) is 16.6 Å². The molecule has 7 heteroatoms. The van der Waals surface area contributed by atoms with Crippen LogP contribution in [0, 0.1) is 5.92 Å². The lowest BCUT2D eigenvalue weighted by atomic mass is 9.74. The first-order chi connectivity index (χ1) is 13.3. The molecular weight excluding hydrogens is 387 g/mol. The van der Waals surface area contributed by atoms with Gasteiger partial charge in [-0.25, -0.2) is 4.98 Å². The normalized spacial score (nSPS) is 21.8. The Kier molecular flexibility index (Phi) is 5.08. The number of nitrogens with one attached hydrogen (secondary N) is 1. The molecule has 0 bridgehead atoms. The number of benzene rings is 1. The smallest absolute Gasteiger partial charge is 0.342 e. The van der Waals surface area contributed by atoms with Crippen molar-refractivity contribution in [1.29, 1.82) is 0 Å². The molecule has 0 radical (unpaired) electrons. The van der Waals surface area contributed by atoms with Crippen LogP contribution in [-0.2, 0) is 6.18 Å². The number of alkyl halides is 3. The minimum atomic E-state index is -4.40. The van der Waals surface area contributed by atoms with E-state index in [-0.39, 0.29) is 11.8 Å². The molecule has 1 aliphatic rings. The Balaban J connectivity index is 1.44. The first kappa shape index (κ1) is 19.2. The minimum Gasteiger partial charge on any atom is -0.342 e. The number of nitrogens with zero attached hydrogens (tertiary/aromatic N) is 2. The van der Waals surface area contributed by atoms with Crippen LogP contribution in [0.25, 0.3) is 11.0 Å². The van der Waals surface area contributed by atoms with Gasteiger partial charge in [0.25, 0.3) is 0 Å². The first-order valence-electron chi connectivity index (χ1n) is 9.49. The Hall–Kier alpha value is -2.08. The third-order valence-electron chi connectivity index (χ3n) is 5.92. The van der Waals surface area contributed by atoms with Crippen molar-refractivity contribution in [3.05, 3.63) is 58.6 Å². The van der Waals surface area contributed by atoms with E-state index in [2.05, 4.69) is 16.9 Å². The minimum absolute atomic E-state index is 0.155. The molecule has 28 heavy (non-hydrogen) atoms. The monoisotopic (exact) mass is 407 g/mol. The second-order valence-corrected chi connectivity index (χ2v) is 8.09. The zero-order valence-electron chi connectivity index (χ0n) is 15.4. The molecule has 1 N–H and O–H groups in total. The number of H-pyrrole nitrogens is 1. The number of hydrogen-bond donors (Lipinski definition) is 1. The molecule has 0 spiro atoms. The number of fused-ring (bicyclic) bond motifs is 1. The van der Waals surface area contributed by atoms with Crippen molar-refractivity contribution in [1.82, 2.24) is 15.0 Å². The summed E-state index contributed by atoms with van der Waals surface area (Å²) in [6.07, 6.45) is 0.559. The van der Waals surface area contributed by atoms with E-state index in [0.29, 0.717) is 10.9 Å². The van der Waals surface area contributed by atoms with E-state index in [1.54, 1.807) is 6.07 Å². The largest absolute Gasteiger partial charge is 0.433 e. The van der Waals surface area contributed by atoms with Gasteiger partial charge in [0.05, 0.1) is 11.0 Å². The van der Waals surface area contributed by atoms with Crippen LogP contribution in [0.5, 0.6) is 0 Å². The summed E-state index contributed by atoms with van der Waals surface area (Å²) < 4.78 is 38.8. The Morgan fingerprint density at radius 3 is 2.57 bits per heavy atom. The number of halogens is 4. The number of aromatic nitrogens is 3. The molecule has 0 amide bonds. The highest BCUT2D eigenvalue weighted by molar-refractivity contribution is 6.31. The van der Waals surface area contributed by atoms with E-state index in [0.717, 1.165) is 48.1 Å². The summed E-state index contributed by atoms with van der Waals surface area (Å²) in [6, 6.07) is 8.53. The topological polar surface area (TPSA) is 41.6 Å². The van der Waals surface area contributed by atoms with Gasteiger partial charge in [-0.2, -0.15) is 13.2 Å². The molecule has 148 valence electrons. The molecule has 1 unspecified atom stereocenters. The van der Waals surface area contributed by atoms with Gasteiger partial charge in [0.1, 0.15) is 11.5 Å². The van der Waals surface area contributed by atoms with Gasteiger partial charge in [-0.3, -0.25) is 4.98 Å². The Morgan fingerprint density at radius 2 is 1.86 bits per heavy atom. The third kappa shape index (κ3) is 3.88. The van der Waals surface area contributed by atoms with Gasteiger partial charge in [-0.05, 0) is 73.4 Å². The molecular formula is C21H21ClF3N3. The summed E-state index contributed by atoms with van der Waals surface area (Å²) in [5, 5.41) is 0.673. The molecule has 3 nitrogen and oxygen atoms in total. The van der Waals surface area contributed by atoms with Crippen LogP contribution < -0.4 is 0 Å². The number of hydrogen-bond acceptors (Lipinski definition) is 2. The van der Waals surface area contributed by atoms with Crippen LogP contribution in [0.1, 0.15) is 61.5 Å². The average Bonchev–Trinajstić information content (AvgIpc) is 3.10. The summed E-state index contributed by atoms with van der Waals surface area (Å²) >= 11 is 6.05. The zero-order valence-corrected chi connectivity index (χ0v) is 16.2. The summed E-state index contributed by atoms with van der Waals surface area (Å²) in [4.78, 5) is 11.5. The fraction of sp³-hybridized carbons (Fsp3) is 0.429. The Labute approximate surface area is 166 Å². The van der Waals surface area contributed by atoms with Crippen LogP contribution in [0.4, 0.5) is 13.2 Å². The highest BCUT2D eigenvalue weighted by Gasteiger charge is 2.34. The Morgan fingerprint density at radius 1 is 1.11 bits per heavy atom. The predicted molar refractivity (Wildman–Crippen MR) is 103 cm³/mol. The lowest BCUT2D eigenvalue weighted by Gasteiger charge is -2.32. The third-order valence-corrected chi connectivity index (χ3v) is 6.15. The molecule has 2 aromatic heterocycles. The maximum absolute atomic E-state index is 12.9. The lowest BCUT2D eigenvalue weighted by molar-refractivity contribution is -0.141. The first-order valence-corrected chi connectivity index (χ1v) is 9.87. The summed E-state index contributed by atoms with van der Waals surface area (Å²) in [5.74, 6) is 1.82. The molecule has 1 aromatic carbocycles. The van der Waals surface area contributed by atoms with E-state index >= 15 is 0 Å². The van der Waals surface area contributed by atoms with Crippen molar-refractivity contribution in [2.45, 2.75) is 50.6 Å². The molecule has 0 saturated heterocycles. The molecule has 1 saturated carbocycles. The molecule has 1 fully saturated rings. The van der Waals surface area contributed by atoms with Crippen LogP contribution >= 0.6 is 11.6 Å². The van der Waals surface area contributed by atoms with Crippen LogP contribution in [0.3, 0.4) is 0 Å².